The summed E-state index contributed by atoms with van der Waals surface area (Å²) in [6.07, 6.45) is 3.74. The standard InChI is InChI=1S/C14H20FNO/c1-3-6-11(7-4-2)14(17)16-13-9-5-8-12(15)10-13/h5,8-11H,3-4,6-7H2,1-2H3,(H,16,17). The van der Waals surface area contributed by atoms with Gasteiger partial charge in [-0.3, -0.25) is 4.79 Å². The molecule has 0 saturated carbocycles. The minimum absolute atomic E-state index is 0.000648. The molecule has 0 radical (unpaired) electrons. The fourth-order valence-corrected chi connectivity index (χ4v) is 1.91. The van der Waals surface area contributed by atoms with Crippen LogP contribution in [0, 0.1) is 11.7 Å². The van der Waals surface area contributed by atoms with Crippen LogP contribution < -0.4 is 5.32 Å². The molecule has 0 aromatic heterocycles. The number of benzene rings is 1. The summed E-state index contributed by atoms with van der Waals surface area (Å²) in [6, 6.07) is 6.01. The topological polar surface area (TPSA) is 29.1 Å². The van der Waals surface area contributed by atoms with Crippen LogP contribution in [0.2, 0.25) is 0 Å². The van der Waals surface area contributed by atoms with Crippen molar-refractivity contribution in [1.82, 2.24) is 0 Å². The Hall–Kier alpha value is -1.38. The molecule has 1 amide bonds. The third-order valence-corrected chi connectivity index (χ3v) is 2.74. The van der Waals surface area contributed by atoms with E-state index in [1.165, 1.54) is 12.1 Å². The number of hydrogen-bond acceptors (Lipinski definition) is 1. The Morgan fingerprint density at radius 1 is 1.29 bits per heavy atom. The van der Waals surface area contributed by atoms with Gasteiger partial charge in [-0.05, 0) is 31.0 Å². The Balaban J connectivity index is 2.62. The number of rotatable bonds is 6. The lowest BCUT2D eigenvalue weighted by Gasteiger charge is -2.15. The molecule has 0 bridgehead atoms. The maximum Gasteiger partial charge on any atom is 0.227 e. The monoisotopic (exact) mass is 237 g/mol. The summed E-state index contributed by atoms with van der Waals surface area (Å²) in [5.41, 5.74) is 0.534. The maximum absolute atomic E-state index is 13.0. The molecule has 0 aliphatic heterocycles. The molecule has 3 heteroatoms. The molecular weight excluding hydrogens is 217 g/mol. The second kappa shape index (κ2) is 7.05. The van der Waals surface area contributed by atoms with Gasteiger partial charge in [0.15, 0.2) is 0 Å². The van der Waals surface area contributed by atoms with Crippen molar-refractivity contribution in [2.45, 2.75) is 39.5 Å². The summed E-state index contributed by atoms with van der Waals surface area (Å²) in [4.78, 5) is 12.0. The second-order valence-electron chi connectivity index (χ2n) is 4.27. The number of halogens is 1. The average molecular weight is 237 g/mol. The van der Waals surface area contributed by atoms with Crippen LogP contribution in [0.1, 0.15) is 39.5 Å². The minimum atomic E-state index is -0.328. The Bertz CT molecular complexity index is 359. The molecule has 0 spiro atoms. The first-order chi connectivity index (χ1) is 8.17. The van der Waals surface area contributed by atoms with Gasteiger partial charge in [-0.2, -0.15) is 0 Å². The molecule has 0 heterocycles. The zero-order valence-electron chi connectivity index (χ0n) is 10.5. The van der Waals surface area contributed by atoms with Gasteiger partial charge in [0.2, 0.25) is 5.91 Å². The van der Waals surface area contributed by atoms with E-state index in [0.29, 0.717) is 5.69 Å². The summed E-state index contributed by atoms with van der Waals surface area (Å²) in [6.45, 7) is 4.14. The van der Waals surface area contributed by atoms with Gasteiger partial charge in [-0.15, -0.1) is 0 Å². The van der Waals surface area contributed by atoms with Crippen molar-refractivity contribution in [3.8, 4) is 0 Å². The molecule has 1 aromatic rings. The molecule has 0 aliphatic carbocycles. The van der Waals surface area contributed by atoms with Crippen molar-refractivity contribution in [3.05, 3.63) is 30.1 Å². The van der Waals surface area contributed by atoms with Gasteiger partial charge in [-0.1, -0.05) is 32.8 Å². The van der Waals surface area contributed by atoms with Gasteiger partial charge in [0, 0.05) is 11.6 Å². The summed E-state index contributed by atoms with van der Waals surface area (Å²) in [5, 5.41) is 2.77. The van der Waals surface area contributed by atoms with Gasteiger partial charge in [-0.25, -0.2) is 4.39 Å². The first-order valence-electron chi connectivity index (χ1n) is 6.23. The van der Waals surface area contributed by atoms with E-state index in [1.54, 1.807) is 12.1 Å². The van der Waals surface area contributed by atoms with Crippen LogP contribution >= 0.6 is 0 Å². The van der Waals surface area contributed by atoms with Gasteiger partial charge in [0.25, 0.3) is 0 Å². The Morgan fingerprint density at radius 2 is 1.94 bits per heavy atom. The summed E-state index contributed by atoms with van der Waals surface area (Å²) >= 11 is 0. The Kier molecular flexibility index (Phi) is 5.67. The van der Waals surface area contributed by atoms with Crippen molar-refractivity contribution < 1.29 is 9.18 Å². The van der Waals surface area contributed by atoms with Crippen molar-refractivity contribution in [2.75, 3.05) is 5.32 Å². The van der Waals surface area contributed by atoms with Gasteiger partial charge in [0.1, 0.15) is 5.82 Å². The summed E-state index contributed by atoms with van der Waals surface area (Å²) in [5.74, 6) is -0.294. The molecular formula is C14H20FNO. The van der Waals surface area contributed by atoms with Crippen molar-refractivity contribution in [3.63, 3.8) is 0 Å². The summed E-state index contributed by atoms with van der Waals surface area (Å²) < 4.78 is 13.0. The van der Waals surface area contributed by atoms with Gasteiger partial charge in [0.05, 0.1) is 0 Å². The fourth-order valence-electron chi connectivity index (χ4n) is 1.91. The van der Waals surface area contributed by atoms with Crippen molar-refractivity contribution >= 4 is 11.6 Å². The predicted molar refractivity (Wildman–Crippen MR) is 68.3 cm³/mol. The zero-order chi connectivity index (χ0) is 12.7. The van der Waals surface area contributed by atoms with E-state index in [0.717, 1.165) is 25.7 Å². The van der Waals surface area contributed by atoms with E-state index in [1.807, 2.05) is 0 Å². The van der Waals surface area contributed by atoms with Crippen LogP contribution in [0.15, 0.2) is 24.3 Å². The molecule has 0 atom stereocenters. The fraction of sp³-hybridized carbons (Fsp3) is 0.500. The maximum atomic E-state index is 13.0. The zero-order valence-corrected chi connectivity index (χ0v) is 10.5. The highest BCUT2D eigenvalue weighted by atomic mass is 19.1. The largest absolute Gasteiger partial charge is 0.326 e. The van der Waals surface area contributed by atoms with Crippen LogP contribution in [0.25, 0.3) is 0 Å². The number of anilines is 1. The Labute approximate surface area is 102 Å². The number of hydrogen-bond donors (Lipinski definition) is 1. The van der Waals surface area contributed by atoms with Gasteiger partial charge >= 0.3 is 0 Å². The third-order valence-electron chi connectivity index (χ3n) is 2.74. The molecule has 2 nitrogen and oxygen atoms in total. The number of carbonyl (C=O) groups is 1. The highest BCUT2D eigenvalue weighted by Gasteiger charge is 2.16. The van der Waals surface area contributed by atoms with E-state index in [2.05, 4.69) is 19.2 Å². The van der Waals surface area contributed by atoms with E-state index >= 15 is 0 Å². The summed E-state index contributed by atoms with van der Waals surface area (Å²) in [7, 11) is 0. The van der Waals surface area contributed by atoms with Crippen LogP contribution in [-0.4, -0.2) is 5.91 Å². The normalized spacial score (nSPS) is 10.6. The van der Waals surface area contributed by atoms with E-state index in [4.69, 9.17) is 0 Å². The molecule has 94 valence electrons. The van der Waals surface area contributed by atoms with Crippen molar-refractivity contribution in [2.24, 2.45) is 5.92 Å². The van der Waals surface area contributed by atoms with Crippen LogP contribution in [-0.2, 0) is 4.79 Å². The molecule has 1 N–H and O–H groups in total. The lowest BCUT2D eigenvalue weighted by atomic mass is 9.97. The van der Waals surface area contributed by atoms with E-state index in [-0.39, 0.29) is 17.6 Å². The van der Waals surface area contributed by atoms with Crippen molar-refractivity contribution in [1.29, 1.82) is 0 Å². The molecule has 0 fully saturated rings. The minimum Gasteiger partial charge on any atom is -0.326 e. The van der Waals surface area contributed by atoms with Crippen LogP contribution in [0.3, 0.4) is 0 Å². The molecule has 1 aromatic carbocycles. The Morgan fingerprint density at radius 3 is 2.47 bits per heavy atom. The van der Waals surface area contributed by atoms with Crippen LogP contribution in [0.4, 0.5) is 10.1 Å². The quantitative estimate of drug-likeness (QED) is 0.796. The predicted octanol–water partition coefficient (Wildman–Crippen LogP) is 3.98. The van der Waals surface area contributed by atoms with E-state index < -0.39 is 0 Å². The lowest BCUT2D eigenvalue weighted by molar-refractivity contribution is -0.120. The lowest BCUT2D eigenvalue weighted by Crippen LogP contribution is -2.22. The highest BCUT2D eigenvalue weighted by Crippen LogP contribution is 2.17. The molecule has 17 heavy (non-hydrogen) atoms. The second-order valence-corrected chi connectivity index (χ2v) is 4.27. The van der Waals surface area contributed by atoms with Crippen LogP contribution in [0.5, 0.6) is 0 Å². The number of nitrogens with one attached hydrogen (secondary N) is 1. The molecule has 1 rings (SSSR count). The molecule has 0 saturated heterocycles. The van der Waals surface area contributed by atoms with Gasteiger partial charge < -0.3 is 5.32 Å². The highest BCUT2D eigenvalue weighted by molar-refractivity contribution is 5.92. The molecule has 0 aliphatic rings. The number of carbonyl (C=O) groups excluding carboxylic acids is 1. The first-order valence-corrected chi connectivity index (χ1v) is 6.23. The SMILES string of the molecule is CCCC(CCC)C(=O)Nc1cccc(F)c1. The van der Waals surface area contributed by atoms with E-state index in [9.17, 15) is 9.18 Å². The molecule has 0 unspecified atom stereocenters. The number of amides is 1. The first kappa shape index (κ1) is 13.7. The third kappa shape index (κ3) is 4.55. The smallest absolute Gasteiger partial charge is 0.227 e. The average Bonchev–Trinajstić information content (AvgIpc) is 2.28.